The lowest BCUT2D eigenvalue weighted by Crippen LogP contribution is -2.21. The van der Waals surface area contributed by atoms with E-state index >= 15 is 0 Å². The number of carbonyl (C=O) groups excluding carboxylic acids is 1. The van der Waals surface area contributed by atoms with E-state index in [1.165, 1.54) is 0 Å². The molecule has 1 aliphatic heterocycles. The van der Waals surface area contributed by atoms with E-state index < -0.39 is 0 Å². The molecule has 1 aromatic rings. The molecular weight excluding hydrogens is 236 g/mol. The zero-order valence-corrected chi connectivity index (χ0v) is 10.5. The van der Waals surface area contributed by atoms with Crippen molar-refractivity contribution < 1.29 is 14.3 Å². The lowest BCUT2D eigenvalue weighted by Gasteiger charge is -2.21. The molecule has 0 spiro atoms. The van der Waals surface area contributed by atoms with Gasteiger partial charge in [0.25, 0.3) is 0 Å². The number of rotatable bonds is 3. The van der Waals surface area contributed by atoms with E-state index in [-0.39, 0.29) is 5.97 Å². The normalized spacial score (nSPS) is 16.8. The van der Waals surface area contributed by atoms with E-state index in [9.17, 15) is 4.79 Å². The van der Waals surface area contributed by atoms with Crippen molar-refractivity contribution in [1.29, 1.82) is 0 Å². The topological polar surface area (TPSA) is 35.5 Å². The molecule has 0 amide bonds. The number of carbonyl (C=O) groups is 1. The van der Waals surface area contributed by atoms with Crippen molar-refractivity contribution in [3.8, 4) is 0 Å². The second-order valence-electron chi connectivity index (χ2n) is 4.20. The summed E-state index contributed by atoms with van der Waals surface area (Å²) in [5.74, 6) is 0.166. The first-order valence-electron chi connectivity index (χ1n) is 5.79. The van der Waals surface area contributed by atoms with Gasteiger partial charge in [-0.05, 0) is 37.0 Å². The molecule has 0 radical (unpaired) electrons. The van der Waals surface area contributed by atoms with Crippen molar-refractivity contribution in [3.05, 3.63) is 29.8 Å². The fraction of sp³-hybridized carbons (Fsp3) is 0.462. The van der Waals surface area contributed by atoms with Crippen molar-refractivity contribution in [2.75, 3.05) is 19.8 Å². The van der Waals surface area contributed by atoms with Gasteiger partial charge in [0.2, 0.25) is 0 Å². The number of hydrogen-bond donors (Lipinski definition) is 1. The van der Waals surface area contributed by atoms with Crippen LogP contribution in [0.15, 0.2) is 29.2 Å². The predicted octanol–water partition coefficient (Wildman–Crippen LogP) is 2.56. The SMILES string of the molecule is O=C(OCC1CCOCC1)c1cccc(S)c1. The van der Waals surface area contributed by atoms with Gasteiger partial charge in [0, 0.05) is 18.1 Å². The average Bonchev–Trinajstić information content (AvgIpc) is 2.37. The predicted molar refractivity (Wildman–Crippen MR) is 67.5 cm³/mol. The summed E-state index contributed by atoms with van der Waals surface area (Å²) >= 11 is 4.19. The lowest BCUT2D eigenvalue weighted by molar-refractivity contribution is 0.0185. The summed E-state index contributed by atoms with van der Waals surface area (Å²) in [6, 6.07) is 7.09. The summed E-state index contributed by atoms with van der Waals surface area (Å²) in [5, 5.41) is 0. The van der Waals surface area contributed by atoms with Crippen LogP contribution in [0.4, 0.5) is 0 Å². The van der Waals surface area contributed by atoms with Gasteiger partial charge < -0.3 is 9.47 Å². The van der Waals surface area contributed by atoms with E-state index in [0.29, 0.717) is 18.1 Å². The first-order valence-corrected chi connectivity index (χ1v) is 6.24. The van der Waals surface area contributed by atoms with Gasteiger partial charge in [-0.3, -0.25) is 0 Å². The van der Waals surface area contributed by atoms with Gasteiger partial charge in [-0.15, -0.1) is 12.6 Å². The molecule has 0 unspecified atom stereocenters. The van der Waals surface area contributed by atoms with Crippen molar-refractivity contribution in [3.63, 3.8) is 0 Å². The highest BCUT2D eigenvalue weighted by atomic mass is 32.1. The molecule has 1 saturated heterocycles. The van der Waals surface area contributed by atoms with Crippen molar-refractivity contribution in [1.82, 2.24) is 0 Å². The number of esters is 1. The highest BCUT2D eigenvalue weighted by molar-refractivity contribution is 7.80. The molecule has 1 heterocycles. The van der Waals surface area contributed by atoms with E-state index in [1.807, 2.05) is 6.07 Å². The van der Waals surface area contributed by atoms with Gasteiger partial charge in [-0.1, -0.05) is 6.07 Å². The summed E-state index contributed by atoms with van der Waals surface area (Å²) < 4.78 is 10.6. The summed E-state index contributed by atoms with van der Waals surface area (Å²) in [7, 11) is 0. The monoisotopic (exact) mass is 252 g/mol. The van der Waals surface area contributed by atoms with Crippen LogP contribution in [0, 0.1) is 5.92 Å². The van der Waals surface area contributed by atoms with Crippen molar-refractivity contribution in [2.24, 2.45) is 5.92 Å². The molecule has 1 aromatic carbocycles. The fourth-order valence-electron chi connectivity index (χ4n) is 1.82. The highest BCUT2D eigenvalue weighted by Gasteiger charge is 2.16. The highest BCUT2D eigenvalue weighted by Crippen LogP contribution is 2.16. The van der Waals surface area contributed by atoms with Crippen LogP contribution < -0.4 is 0 Å². The Kier molecular flexibility index (Phi) is 4.45. The maximum atomic E-state index is 11.8. The zero-order valence-electron chi connectivity index (χ0n) is 9.59. The Balaban J connectivity index is 1.84. The molecule has 0 bridgehead atoms. The number of hydrogen-bond acceptors (Lipinski definition) is 4. The quantitative estimate of drug-likeness (QED) is 0.663. The molecule has 0 atom stereocenters. The molecular formula is C13H16O3S. The second-order valence-corrected chi connectivity index (χ2v) is 4.72. The van der Waals surface area contributed by atoms with E-state index in [0.717, 1.165) is 31.0 Å². The van der Waals surface area contributed by atoms with Gasteiger partial charge in [-0.2, -0.15) is 0 Å². The van der Waals surface area contributed by atoms with Gasteiger partial charge in [0.1, 0.15) is 0 Å². The van der Waals surface area contributed by atoms with Crippen LogP contribution in [0.3, 0.4) is 0 Å². The molecule has 0 aliphatic carbocycles. The minimum Gasteiger partial charge on any atom is -0.462 e. The van der Waals surface area contributed by atoms with Crippen LogP contribution in [0.25, 0.3) is 0 Å². The molecule has 3 nitrogen and oxygen atoms in total. The zero-order chi connectivity index (χ0) is 12.1. The third-order valence-electron chi connectivity index (χ3n) is 2.87. The Morgan fingerprint density at radius 3 is 2.88 bits per heavy atom. The summed E-state index contributed by atoms with van der Waals surface area (Å²) in [5.41, 5.74) is 0.560. The molecule has 0 saturated carbocycles. The summed E-state index contributed by atoms with van der Waals surface area (Å²) in [6.45, 7) is 2.03. The largest absolute Gasteiger partial charge is 0.462 e. The summed E-state index contributed by atoms with van der Waals surface area (Å²) in [6.07, 6.45) is 1.94. The Bertz CT molecular complexity index is 386. The number of benzene rings is 1. The van der Waals surface area contributed by atoms with Crippen molar-refractivity contribution in [2.45, 2.75) is 17.7 Å². The van der Waals surface area contributed by atoms with Crippen LogP contribution >= 0.6 is 12.6 Å². The molecule has 0 aromatic heterocycles. The molecule has 1 fully saturated rings. The van der Waals surface area contributed by atoms with Gasteiger partial charge in [0.15, 0.2) is 0 Å². The third-order valence-corrected chi connectivity index (χ3v) is 3.15. The van der Waals surface area contributed by atoms with E-state index in [2.05, 4.69) is 12.6 Å². The average molecular weight is 252 g/mol. The number of thiol groups is 1. The van der Waals surface area contributed by atoms with Crippen LogP contribution in [0.5, 0.6) is 0 Å². The molecule has 4 heteroatoms. The van der Waals surface area contributed by atoms with Gasteiger partial charge >= 0.3 is 5.97 Å². The molecule has 1 aliphatic rings. The number of ether oxygens (including phenoxy) is 2. The molecule has 17 heavy (non-hydrogen) atoms. The molecule has 92 valence electrons. The minimum absolute atomic E-state index is 0.271. The minimum atomic E-state index is -0.271. The lowest BCUT2D eigenvalue weighted by atomic mass is 10.0. The Labute approximate surface area is 107 Å². The maximum absolute atomic E-state index is 11.8. The van der Waals surface area contributed by atoms with Gasteiger partial charge in [-0.25, -0.2) is 4.79 Å². The van der Waals surface area contributed by atoms with Crippen LogP contribution in [0.2, 0.25) is 0 Å². The molecule has 2 rings (SSSR count). The first-order chi connectivity index (χ1) is 8.25. The Morgan fingerprint density at radius 2 is 2.18 bits per heavy atom. The first kappa shape index (κ1) is 12.5. The Morgan fingerprint density at radius 1 is 1.41 bits per heavy atom. The second kappa shape index (κ2) is 6.07. The molecule has 0 N–H and O–H groups in total. The fourth-order valence-corrected chi connectivity index (χ4v) is 2.05. The third kappa shape index (κ3) is 3.75. The smallest absolute Gasteiger partial charge is 0.338 e. The van der Waals surface area contributed by atoms with E-state index in [4.69, 9.17) is 9.47 Å². The van der Waals surface area contributed by atoms with Crippen LogP contribution in [-0.4, -0.2) is 25.8 Å². The van der Waals surface area contributed by atoms with Gasteiger partial charge in [0.05, 0.1) is 12.2 Å². The van der Waals surface area contributed by atoms with E-state index in [1.54, 1.807) is 18.2 Å². The Hall–Kier alpha value is -1.00. The van der Waals surface area contributed by atoms with Crippen LogP contribution in [0.1, 0.15) is 23.2 Å². The summed E-state index contributed by atoms with van der Waals surface area (Å²) in [4.78, 5) is 12.5. The van der Waals surface area contributed by atoms with Crippen LogP contribution in [-0.2, 0) is 9.47 Å². The van der Waals surface area contributed by atoms with Crippen molar-refractivity contribution >= 4 is 18.6 Å². The standard InChI is InChI=1S/C13H16O3S/c14-13(11-2-1-3-12(17)8-11)16-9-10-4-6-15-7-5-10/h1-3,8,10,17H,4-7,9H2. The maximum Gasteiger partial charge on any atom is 0.338 e.